The summed E-state index contributed by atoms with van der Waals surface area (Å²) in [5.74, 6) is 0. The molecule has 0 aromatic rings. The third-order valence-electron chi connectivity index (χ3n) is 0.494. The zero-order valence-electron chi connectivity index (χ0n) is 3.68. The van der Waals surface area contributed by atoms with Crippen molar-refractivity contribution in [3.05, 3.63) is 0 Å². The van der Waals surface area contributed by atoms with Crippen molar-refractivity contribution >= 4 is 0 Å². The Morgan fingerprint density at radius 2 is 2.33 bits per heavy atom. The average Bonchev–Trinajstić information content (AvgIpc) is 1.65. The van der Waals surface area contributed by atoms with Gasteiger partial charge in [0.25, 0.3) is 0 Å². The predicted molar refractivity (Wildman–Crippen MR) is 21.5 cm³/mol. The minimum Gasteiger partial charge on any atom is -0.395 e. The highest BCUT2D eigenvalue weighted by Gasteiger charge is 1.90. The number of aliphatic hydroxyl groups is 1. The Kier molecular flexibility index (Phi) is 3.02. The lowest BCUT2D eigenvalue weighted by Crippen LogP contribution is -2.25. The first-order valence-electron chi connectivity index (χ1n) is 1.81. The second-order valence-corrected chi connectivity index (χ2v) is 1.21. The summed E-state index contributed by atoms with van der Waals surface area (Å²) in [5.41, 5.74) is 1.86. The largest absolute Gasteiger partial charge is 0.395 e. The topological polar surface area (TPSA) is 52.5 Å². The molecule has 3 N–H and O–H groups in total. The summed E-state index contributed by atoms with van der Waals surface area (Å²) in [4.78, 5) is 0. The van der Waals surface area contributed by atoms with Gasteiger partial charge < -0.3 is 10.3 Å². The highest BCUT2D eigenvalue weighted by Crippen LogP contribution is 1.69. The van der Waals surface area contributed by atoms with Gasteiger partial charge in [-0.15, -0.1) is 0 Å². The molecule has 1 unspecified atom stereocenters. The van der Waals surface area contributed by atoms with Crippen LogP contribution in [0.25, 0.3) is 0 Å². The first-order valence-corrected chi connectivity index (χ1v) is 1.81. The number of rotatable bonds is 2. The fourth-order valence-electron chi connectivity index (χ4n) is 0.0408. The summed E-state index contributed by atoms with van der Waals surface area (Å²) in [6.07, 6.45) is 0. The van der Waals surface area contributed by atoms with Crippen LogP contribution in [-0.2, 0) is 0 Å². The molecular formula is C3H9NO2. The van der Waals surface area contributed by atoms with Crippen molar-refractivity contribution in [3.8, 4) is 0 Å². The molecule has 0 aliphatic carbocycles. The van der Waals surface area contributed by atoms with Crippen molar-refractivity contribution < 1.29 is 10.3 Å². The van der Waals surface area contributed by atoms with E-state index in [-0.39, 0.29) is 12.6 Å². The molecule has 0 saturated carbocycles. The Balaban J connectivity index is 2.75. The molecular weight excluding hydrogens is 82.0 g/mol. The maximum Gasteiger partial charge on any atom is 0.0604 e. The van der Waals surface area contributed by atoms with Crippen molar-refractivity contribution in [2.75, 3.05) is 6.61 Å². The molecule has 0 bridgehead atoms. The minimum absolute atomic E-state index is 0.0312. The second-order valence-electron chi connectivity index (χ2n) is 1.21. The van der Waals surface area contributed by atoms with Gasteiger partial charge in [0.1, 0.15) is 0 Å². The van der Waals surface area contributed by atoms with Gasteiger partial charge in [-0.2, -0.15) is 0 Å². The fourth-order valence-corrected chi connectivity index (χ4v) is 0.0408. The van der Waals surface area contributed by atoms with Crippen LogP contribution < -0.4 is 5.48 Å². The molecule has 0 saturated heterocycles. The molecule has 0 amide bonds. The molecule has 3 heteroatoms. The maximum absolute atomic E-state index is 8.11. The van der Waals surface area contributed by atoms with Gasteiger partial charge in [-0.3, -0.25) is 0 Å². The SMILES string of the molecule is CC(CO)NO. The van der Waals surface area contributed by atoms with Gasteiger partial charge in [0, 0.05) is 0 Å². The summed E-state index contributed by atoms with van der Waals surface area (Å²) in [6, 6.07) is -0.204. The van der Waals surface area contributed by atoms with E-state index in [2.05, 4.69) is 0 Å². The van der Waals surface area contributed by atoms with Crippen molar-refractivity contribution in [3.63, 3.8) is 0 Å². The van der Waals surface area contributed by atoms with Gasteiger partial charge in [-0.25, -0.2) is 5.48 Å². The van der Waals surface area contributed by atoms with Gasteiger partial charge in [-0.05, 0) is 6.92 Å². The second kappa shape index (κ2) is 3.08. The lowest BCUT2D eigenvalue weighted by Gasteiger charge is -1.99. The van der Waals surface area contributed by atoms with Crippen molar-refractivity contribution in [2.45, 2.75) is 13.0 Å². The van der Waals surface area contributed by atoms with Crippen LogP contribution in [0.5, 0.6) is 0 Å². The van der Waals surface area contributed by atoms with E-state index in [4.69, 9.17) is 10.3 Å². The number of hydrogen-bond donors (Lipinski definition) is 3. The van der Waals surface area contributed by atoms with Crippen molar-refractivity contribution in [2.24, 2.45) is 0 Å². The van der Waals surface area contributed by atoms with E-state index in [0.717, 1.165) is 0 Å². The van der Waals surface area contributed by atoms with Gasteiger partial charge >= 0.3 is 0 Å². The van der Waals surface area contributed by atoms with Crippen LogP contribution in [0.3, 0.4) is 0 Å². The first-order chi connectivity index (χ1) is 2.81. The van der Waals surface area contributed by atoms with Crippen molar-refractivity contribution in [1.82, 2.24) is 5.48 Å². The molecule has 0 aliphatic heterocycles. The van der Waals surface area contributed by atoms with Gasteiger partial charge in [0.2, 0.25) is 0 Å². The molecule has 0 aromatic carbocycles. The minimum atomic E-state index is -0.204. The number of hydrogen-bond acceptors (Lipinski definition) is 3. The molecule has 0 fully saturated rings. The van der Waals surface area contributed by atoms with E-state index >= 15 is 0 Å². The molecule has 0 heterocycles. The highest BCUT2D eigenvalue weighted by atomic mass is 16.5. The van der Waals surface area contributed by atoms with Gasteiger partial charge in [0.15, 0.2) is 0 Å². The molecule has 0 spiro atoms. The zero-order valence-corrected chi connectivity index (χ0v) is 3.68. The average molecular weight is 91.1 g/mol. The molecule has 0 aliphatic rings. The third kappa shape index (κ3) is 2.14. The van der Waals surface area contributed by atoms with E-state index < -0.39 is 0 Å². The molecule has 38 valence electrons. The molecule has 3 nitrogen and oxygen atoms in total. The van der Waals surface area contributed by atoms with Crippen LogP contribution in [-0.4, -0.2) is 23.0 Å². The Labute approximate surface area is 36.6 Å². The van der Waals surface area contributed by atoms with Crippen LogP contribution >= 0.6 is 0 Å². The molecule has 1 atom stereocenters. The first kappa shape index (κ1) is 5.88. The molecule has 0 radical (unpaired) electrons. The Bertz CT molecular complexity index is 28.0. The van der Waals surface area contributed by atoms with Crippen LogP contribution in [0.15, 0.2) is 0 Å². The summed E-state index contributed by atoms with van der Waals surface area (Å²) in [5, 5.41) is 16.0. The van der Waals surface area contributed by atoms with E-state index in [9.17, 15) is 0 Å². The fraction of sp³-hybridized carbons (Fsp3) is 1.00. The van der Waals surface area contributed by atoms with Crippen LogP contribution in [0, 0.1) is 0 Å². The lowest BCUT2D eigenvalue weighted by molar-refractivity contribution is 0.0986. The Hall–Kier alpha value is -0.120. The van der Waals surface area contributed by atoms with Crippen LogP contribution in [0.2, 0.25) is 0 Å². The van der Waals surface area contributed by atoms with E-state index in [0.29, 0.717) is 0 Å². The van der Waals surface area contributed by atoms with Crippen molar-refractivity contribution in [1.29, 1.82) is 0 Å². The Morgan fingerprint density at radius 3 is 2.33 bits per heavy atom. The monoisotopic (exact) mass is 91.1 g/mol. The predicted octanol–water partition coefficient (Wildman–Crippen LogP) is -0.654. The third-order valence-corrected chi connectivity index (χ3v) is 0.494. The molecule has 0 aromatic heterocycles. The lowest BCUT2D eigenvalue weighted by atomic mass is 10.4. The van der Waals surface area contributed by atoms with Crippen LogP contribution in [0.4, 0.5) is 0 Å². The van der Waals surface area contributed by atoms with Crippen LogP contribution in [0.1, 0.15) is 6.92 Å². The quantitative estimate of drug-likeness (QED) is 0.396. The highest BCUT2D eigenvalue weighted by molar-refractivity contribution is 4.45. The van der Waals surface area contributed by atoms with E-state index in [1.807, 2.05) is 5.48 Å². The number of hydroxylamine groups is 1. The van der Waals surface area contributed by atoms with Gasteiger partial charge in [-0.1, -0.05) is 0 Å². The number of nitrogens with one attached hydrogen (secondary N) is 1. The maximum atomic E-state index is 8.11. The molecule has 0 rings (SSSR count). The van der Waals surface area contributed by atoms with E-state index in [1.54, 1.807) is 6.92 Å². The normalized spacial score (nSPS) is 14.5. The van der Waals surface area contributed by atoms with E-state index in [1.165, 1.54) is 0 Å². The molecule has 6 heavy (non-hydrogen) atoms. The summed E-state index contributed by atoms with van der Waals surface area (Å²) in [7, 11) is 0. The summed E-state index contributed by atoms with van der Waals surface area (Å²) in [6.45, 7) is 1.64. The van der Waals surface area contributed by atoms with Gasteiger partial charge in [0.05, 0.1) is 12.6 Å². The number of aliphatic hydroxyl groups excluding tert-OH is 1. The smallest absolute Gasteiger partial charge is 0.0604 e. The Morgan fingerprint density at radius 1 is 1.83 bits per heavy atom. The zero-order chi connectivity index (χ0) is 4.99. The standard InChI is InChI=1S/C3H9NO2/c1-3(2-5)4-6/h3-6H,2H2,1H3. The summed E-state index contributed by atoms with van der Waals surface area (Å²) >= 11 is 0. The summed E-state index contributed by atoms with van der Waals surface area (Å²) < 4.78 is 0.